The average molecular weight is 356 g/mol. The molecule has 0 saturated carbocycles. The molecule has 0 radical (unpaired) electrons. The monoisotopic (exact) mass is 356 g/mol. The van der Waals surface area contributed by atoms with Crippen molar-refractivity contribution < 1.29 is 27.1 Å². The van der Waals surface area contributed by atoms with Gasteiger partial charge in [0.25, 0.3) is 0 Å². The van der Waals surface area contributed by atoms with E-state index in [1.54, 1.807) is 24.3 Å². The van der Waals surface area contributed by atoms with Crippen molar-refractivity contribution in [3.05, 3.63) is 59.4 Å². The van der Waals surface area contributed by atoms with Crippen LogP contribution in [0.4, 0.5) is 28.0 Å². The summed E-state index contributed by atoms with van der Waals surface area (Å²) in [4.78, 5) is 11.8. The number of anilines is 1. The highest BCUT2D eigenvalue weighted by molar-refractivity contribution is 5.89. The molecule has 0 aliphatic rings. The number of halogens is 4. The van der Waals surface area contributed by atoms with E-state index in [1.165, 1.54) is 0 Å². The number of amides is 2. The lowest BCUT2D eigenvalue weighted by Gasteiger charge is -2.11. The predicted octanol–water partition coefficient (Wildman–Crippen LogP) is 4.56. The van der Waals surface area contributed by atoms with E-state index in [1.807, 2.05) is 6.92 Å². The van der Waals surface area contributed by atoms with E-state index in [0.717, 1.165) is 6.07 Å². The molecule has 0 aliphatic carbocycles. The molecule has 2 N–H and O–H groups in total. The Morgan fingerprint density at radius 2 is 1.80 bits per heavy atom. The quantitative estimate of drug-likeness (QED) is 0.772. The zero-order valence-corrected chi connectivity index (χ0v) is 13.3. The lowest BCUT2D eigenvalue weighted by atomic mass is 10.1. The molecule has 25 heavy (non-hydrogen) atoms. The van der Waals surface area contributed by atoms with Gasteiger partial charge in [-0.2, -0.15) is 13.2 Å². The second kappa shape index (κ2) is 7.87. The average Bonchev–Trinajstić information content (AvgIpc) is 2.55. The molecule has 2 aromatic rings. The Bertz CT molecular complexity index is 730. The maximum absolute atomic E-state index is 13.6. The van der Waals surface area contributed by atoms with E-state index in [4.69, 9.17) is 4.74 Å². The highest BCUT2D eigenvalue weighted by Crippen LogP contribution is 2.30. The summed E-state index contributed by atoms with van der Waals surface area (Å²) in [6.07, 6.45) is -4.58. The molecule has 0 heterocycles. The van der Waals surface area contributed by atoms with Gasteiger partial charge < -0.3 is 15.4 Å². The fourth-order valence-corrected chi connectivity index (χ4v) is 2.04. The Kier molecular flexibility index (Phi) is 5.84. The summed E-state index contributed by atoms with van der Waals surface area (Å²) in [6, 6.07) is 7.92. The zero-order chi connectivity index (χ0) is 18.4. The second-order valence-electron chi connectivity index (χ2n) is 5.07. The third-order valence-corrected chi connectivity index (χ3v) is 3.24. The van der Waals surface area contributed by atoms with E-state index in [-0.39, 0.29) is 12.1 Å². The van der Waals surface area contributed by atoms with Gasteiger partial charge in [-0.05, 0) is 49.4 Å². The van der Waals surface area contributed by atoms with Gasteiger partial charge in [0.1, 0.15) is 11.6 Å². The van der Waals surface area contributed by atoms with Crippen LogP contribution in [0.15, 0.2) is 42.5 Å². The molecule has 2 rings (SSSR count). The molecule has 4 nitrogen and oxygen atoms in total. The van der Waals surface area contributed by atoms with Crippen LogP contribution in [0.3, 0.4) is 0 Å². The maximum Gasteiger partial charge on any atom is 0.416 e. The van der Waals surface area contributed by atoms with Crippen LogP contribution >= 0.6 is 0 Å². The number of hydrogen-bond donors (Lipinski definition) is 2. The summed E-state index contributed by atoms with van der Waals surface area (Å²) >= 11 is 0. The number of rotatable bonds is 5. The normalized spacial score (nSPS) is 11.1. The van der Waals surface area contributed by atoms with Gasteiger partial charge in [-0.15, -0.1) is 0 Å². The third-order valence-electron chi connectivity index (χ3n) is 3.24. The van der Waals surface area contributed by atoms with E-state index in [2.05, 4.69) is 10.6 Å². The standard InChI is InChI=1S/C17H16F4N2O2/c1-2-25-14-6-4-13(5-7-14)23-16(24)22-10-11-9-12(17(19,20)21)3-8-15(11)18/h3-9H,2,10H2,1H3,(H2,22,23,24). The molecule has 0 bridgehead atoms. The van der Waals surface area contributed by atoms with Crippen molar-refractivity contribution in [2.24, 2.45) is 0 Å². The fraction of sp³-hybridized carbons (Fsp3) is 0.235. The van der Waals surface area contributed by atoms with E-state index >= 15 is 0 Å². The van der Waals surface area contributed by atoms with Gasteiger partial charge in [0.05, 0.1) is 12.2 Å². The predicted molar refractivity (Wildman–Crippen MR) is 84.9 cm³/mol. The molecule has 0 unspecified atom stereocenters. The van der Waals surface area contributed by atoms with Crippen LogP contribution in [0.5, 0.6) is 5.75 Å². The third kappa shape index (κ3) is 5.37. The highest BCUT2D eigenvalue weighted by Gasteiger charge is 2.31. The van der Waals surface area contributed by atoms with Crippen LogP contribution in [0.25, 0.3) is 0 Å². The number of hydrogen-bond acceptors (Lipinski definition) is 2. The molecule has 0 aliphatic heterocycles. The van der Waals surface area contributed by atoms with E-state index in [9.17, 15) is 22.4 Å². The van der Waals surface area contributed by atoms with Crippen molar-refractivity contribution in [1.29, 1.82) is 0 Å². The van der Waals surface area contributed by atoms with Crippen LogP contribution in [0.2, 0.25) is 0 Å². The summed E-state index contributed by atoms with van der Waals surface area (Å²) in [7, 11) is 0. The molecule has 2 amide bonds. The lowest BCUT2D eigenvalue weighted by molar-refractivity contribution is -0.137. The SMILES string of the molecule is CCOc1ccc(NC(=O)NCc2cc(C(F)(F)F)ccc2F)cc1. The molecule has 8 heteroatoms. The molecule has 0 spiro atoms. The number of carbonyl (C=O) groups excluding carboxylic acids is 1. The van der Waals surface area contributed by atoms with Gasteiger partial charge in [0.2, 0.25) is 0 Å². The molecular formula is C17H16F4N2O2. The number of alkyl halides is 3. The molecule has 2 aromatic carbocycles. The number of benzene rings is 2. The summed E-state index contributed by atoms with van der Waals surface area (Å²) in [6.45, 7) is 1.97. The first-order valence-corrected chi connectivity index (χ1v) is 7.43. The van der Waals surface area contributed by atoms with Crippen LogP contribution in [0, 0.1) is 5.82 Å². The van der Waals surface area contributed by atoms with Gasteiger partial charge in [-0.3, -0.25) is 0 Å². The maximum atomic E-state index is 13.6. The fourth-order valence-electron chi connectivity index (χ4n) is 2.04. The van der Waals surface area contributed by atoms with Crippen LogP contribution in [-0.2, 0) is 12.7 Å². The highest BCUT2D eigenvalue weighted by atomic mass is 19.4. The van der Waals surface area contributed by atoms with Crippen LogP contribution < -0.4 is 15.4 Å². The Morgan fingerprint density at radius 1 is 1.12 bits per heavy atom. The minimum absolute atomic E-state index is 0.253. The Balaban J connectivity index is 1.95. The van der Waals surface area contributed by atoms with E-state index < -0.39 is 23.6 Å². The van der Waals surface area contributed by atoms with Gasteiger partial charge >= 0.3 is 12.2 Å². The van der Waals surface area contributed by atoms with Gasteiger partial charge in [-0.25, -0.2) is 9.18 Å². The van der Waals surface area contributed by atoms with Crippen molar-refractivity contribution in [3.63, 3.8) is 0 Å². The van der Waals surface area contributed by atoms with Crippen molar-refractivity contribution in [2.45, 2.75) is 19.6 Å². The number of urea groups is 1. The van der Waals surface area contributed by atoms with Crippen molar-refractivity contribution in [3.8, 4) is 5.75 Å². The molecule has 0 aromatic heterocycles. The van der Waals surface area contributed by atoms with Gasteiger partial charge in [-0.1, -0.05) is 0 Å². The summed E-state index contributed by atoms with van der Waals surface area (Å²) in [5.74, 6) is -0.186. The first-order chi connectivity index (χ1) is 11.8. The molecule has 0 fully saturated rings. The molecule has 0 atom stereocenters. The van der Waals surface area contributed by atoms with Crippen LogP contribution in [-0.4, -0.2) is 12.6 Å². The topological polar surface area (TPSA) is 50.4 Å². The second-order valence-corrected chi connectivity index (χ2v) is 5.07. The largest absolute Gasteiger partial charge is 0.494 e. The molecular weight excluding hydrogens is 340 g/mol. The first kappa shape index (κ1) is 18.6. The Labute approximate surface area is 141 Å². The Morgan fingerprint density at radius 3 is 2.40 bits per heavy atom. The molecule has 0 saturated heterocycles. The van der Waals surface area contributed by atoms with E-state index in [0.29, 0.717) is 30.2 Å². The van der Waals surface area contributed by atoms with Crippen LogP contribution in [0.1, 0.15) is 18.1 Å². The number of ether oxygens (including phenoxy) is 1. The Hall–Kier alpha value is -2.77. The van der Waals surface area contributed by atoms with Gasteiger partial charge in [0, 0.05) is 17.8 Å². The van der Waals surface area contributed by atoms with Crippen molar-refractivity contribution in [2.75, 3.05) is 11.9 Å². The summed E-state index contributed by atoms with van der Waals surface area (Å²) in [5.41, 5.74) is -0.764. The lowest BCUT2D eigenvalue weighted by Crippen LogP contribution is -2.28. The zero-order valence-electron chi connectivity index (χ0n) is 13.3. The number of carbonyl (C=O) groups is 1. The smallest absolute Gasteiger partial charge is 0.416 e. The molecule has 134 valence electrons. The minimum atomic E-state index is -4.58. The van der Waals surface area contributed by atoms with Crippen molar-refractivity contribution in [1.82, 2.24) is 5.32 Å². The van der Waals surface area contributed by atoms with Gasteiger partial charge in [0.15, 0.2) is 0 Å². The minimum Gasteiger partial charge on any atom is -0.494 e. The van der Waals surface area contributed by atoms with Crippen molar-refractivity contribution >= 4 is 11.7 Å². The first-order valence-electron chi connectivity index (χ1n) is 7.43. The number of nitrogens with one attached hydrogen (secondary N) is 2. The summed E-state index contributed by atoms with van der Waals surface area (Å²) < 4.78 is 56.8. The summed E-state index contributed by atoms with van der Waals surface area (Å²) in [5, 5.41) is 4.81.